The highest BCUT2D eigenvalue weighted by Gasteiger charge is 2.22. The highest BCUT2D eigenvalue weighted by molar-refractivity contribution is 7.99. The van der Waals surface area contributed by atoms with Crippen LogP contribution in [0.2, 0.25) is 0 Å². The van der Waals surface area contributed by atoms with Crippen LogP contribution in [-0.2, 0) is 4.79 Å². The van der Waals surface area contributed by atoms with Crippen molar-refractivity contribution >= 4 is 42.5 Å². The number of thioether (sulfide) groups is 1. The van der Waals surface area contributed by atoms with E-state index in [9.17, 15) is 4.79 Å². The van der Waals surface area contributed by atoms with Crippen molar-refractivity contribution in [1.82, 2.24) is 15.5 Å². The van der Waals surface area contributed by atoms with Gasteiger partial charge in [0.25, 0.3) is 0 Å². The molecule has 0 bridgehead atoms. The highest BCUT2D eigenvalue weighted by atomic mass is 35.5. The maximum Gasteiger partial charge on any atom is 0.230 e. The Morgan fingerprint density at radius 3 is 2.57 bits per heavy atom. The zero-order valence-corrected chi connectivity index (χ0v) is 15.8. The fraction of sp³-hybridized carbons (Fsp3) is 0.929. The molecule has 7 heteroatoms. The van der Waals surface area contributed by atoms with E-state index < -0.39 is 0 Å². The number of amides is 1. The first-order valence-corrected chi connectivity index (χ1v) is 8.63. The van der Waals surface area contributed by atoms with Gasteiger partial charge >= 0.3 is 0 Å². The van der Waals surface area contributed by atoms with Crippen LogP contribution in [0.15, 0.2) is 0 Å². The van der Waals surface area contributed by atoms with E-state index in [-0.39, 0.29) is 30.7 Å². The second kappa shape index (κ2) is 13.9. The van der Waals surface area contributed by atoms with E-state index >= 15 is 0 Å². The molecule has 0 aliphatic carbocycles. The van der Waals surface area contributed by atoms with Crippen molar-refractivity contribution in [2.75, 3.05) is 44.2 Å². The summed E-state index contributed by atoms with van der Waals surface area (Å²) < 4.78 is 0. The second-order valence-corrected chi connectivity index (χ2v) is 6.33. The Hall–Kier alpha value is 0.320. The lowest BCUT2D eigenvalue weighted by Gasteiger charge is -2.30. The molecule has 2 unspecified atom stereocenters. The van der Waals surface area contributed by atoms with Gasteiger partial charge in [-0.25, -0.2) is 0 Å². The van der Waals surface area contributed by atoms with E-state index in [1.54, 1.807) is 11.8 Å². The number of halogens is 2. The van der Waals surface area contributed by atoms with Gasteiger partial charge in [-0.05, 0) is 32.0 Å². The standard InChI is InChI=1S/C14H29N3OS.2ClH/c1-4-17(5-2)8-9-19-11-14(18)16-13-10-15-7-6-12(13)3;;/h12-13,15H,4-11H2,1-3H3,(H,16,18);2*1H. The van der Waals surface area contributed by atoms with Crippen LogP contribution in [-0.4, -0.2) is 61.1 Å². The van der Waals surface area contributed by atoms with Crippen LogP contribution >= 0.6 is 36.6 Å². The smallest absolute Gasteiger partial charge is 0.230 e. The fourth-order valence-electron chi connectivity index (χ4n) is 2.33. The summed E-state index contributed by atoms with van der Waals surface area (Å²) in [4.78, 5) is 14.3. The minimum absolute atomic E-state index is 0. The summed E-state index contributed by atoms with van der Waals surface area (Å²) in [5.41, 5.74) is 0. The van der Waals surface area contributed by atoms with Gasteiger partial charge in [0.2, 0.25) is 5.91 Å². The molecule has 0 aromatic carbocycles. The molecular weight excluding hydrogens is 329 g/mol. The summed E-state index contributed by atoms with van der Waals surface area (Å²) >= 11 is 1.74. The Labute approximate surface area is 146 Å². The average molecular weight is 360 g/mol. The Morgan fingerprint density at radius 1 is 1.33 bits per heavy atom. The molecular formula is C14H31Cl2N3OS. The first-order valence-electron chi connectivity index (χ1n) is 7.47. The predicted octanol–water partition coefficient (Wildman–Crippen LogP) is 2.02. The van der Waals surface area contributed by atoms with Crippen molar-refractivity contribution in [1.29, 1.82) is 0 Å². The molecule has 2 N–H and O–H groups in total. The number of carbonyl (C=O) groups is 1. The number of nitrogens with zero attached hydrogens (tertiary/aromatic N) is 1. The van der Waals surface area contributed by atoms with Crippen LogP contribution in [0.25, 0.3) is 0 Å². The van der Waals surface area contributed by atoms with Crippen LogP contribution in [0.3, 0.4) is 0 Å². The molecule has 0 saturated carbocycles. The van der Waals surface area contributed by atoms with E-state index in [1.165, 1.54) is 0 Å². The zero-order valence-electron chi connectivity index (χ0n) is 13.4. The summed E-state index contributed by atoms with van der Waals surface area (Å²) in [5, 5.41) is 6.49. The van der Waals surface area contributed by atoms with Gasteiger partial charge < -0.3 is 15.5 Å². The Morgan fingerprint density at radius 2 is 2.00 bits per heavy atom. The molecule has 0 spiro atoms. The monoisotopic (exact) mass is 359 g/mol. The van der Waals surface area contributed by atoms with Crippen molar-refractivity contribution in [3.63, 3.8) is 0 Å². The molecule has 0 radical (unpaired) electrons. The van der Waals surface area contributed by atoms with Gasteiger partial charge in [0.05, 0.1) is 5.75 Å². The molecule has 2 atom stereocenters. The summed E-state index contributed by atoms with van der Waals surface area (Å²) in [6.45, 7) is 11.8. The second-order valence-electron chi connectivity index (χ2n) is 5.22. The molecule has 1 aliphatic rings. The molecule has 4 nitrogen and oxygen atoms in total. The van der Waals surface area contributed by atoms with Gasteiger partial charge in [-0.1, -0.05) is 20.8 Å². The third-order valence-corrected chi connectivity index (χ3v) is 4.79. The third kappa shape index (κ3) is 9.84. The SMILES string of the molecule is CCN(CC)CCSCC(=O)NC1CNCCC1C.Cl.Cl. The van der Waals surface area contributed by atoms with Crippen LogP contribution in [0, 0.1) is 5.92 Å². The van der Waals surface area contributed by atoms with Crippen LogP contribution in [0.4, 0.5) is 0 Å². The summed E-state index contributed by atoms with van der Waals surface area (Å²) in [5.74, 6) is 2.40. The van der Waals surface area contributed by atoms with Crippen LogP contribution in [0.5, 0.6) is 0 Å². The van der Waals surface area contributed by atoms with Gasteiger partial charge in [0.15, 0.2) is 0 Å². The van der Waals surface area contributed by atoms with Gasteiger partial charge in [0, 0.05) is 24.9 Å². The topological polar surface area (TPSA) is 44.4 Å². The molecule has 1 fully saturated rings. The third-order valence-electron chi connectivity index (χ3n) is 3.85. The molecule has 1 heterocycles. The Kier molecular flexibility index (Phi) is 15.7. The first-order chi connectivity index (χ1) is 9.17. The van der Waals surface area contributed by atoms with Crippen LogP contribution < -0.4 is 10.6 Å². The van der Waals surface area contributed by atoms with Crippen molar-refractivity contribution < 1.29 is 4.79 Å². The van der Waals surface area contributed by atoms with Crippen molar-refractivity contribution in [2.24, 2.45) is 5.92 Å². The lowest BCUT2D eigenvalue weighted by atomic mass is 9.95. The minimum atomic E-state index is 0. The summed E-state index contributed by atoms with van der Waals surface area (Å²) in [7, 11) is 0. The summed E-state index contributed by atoms with van der Waals surface area (Å²) in [6, 6.07) is 0.310. The van der Waals surface area contributed by atoms with Crippen molar-refractivity contribution in [3.05, 3.63) is 0 Å². The zero-order chi connectivity index (χ0) is 14.1. The number of nitrogens with one attached hydrogen (secondary N) is 2. The largest absolute Gasteiger partial charge is 0.351 e. The molecule has 0 aromatic rings. The predicted molar refractivity (Wildman–Crippen MR) is 98.2 cm³/mol. The van der Waals surface area contributed by atoms with E-state index in [0.717, 1.165) is 44.9 Å². The van der Waals surface area contributed by atoms with Crippen LogP contribution in [0.1, 0.15) is 27.2 Å². The fourth-order valence-corrected chi connectivity index (χ4v) is 3.13. The molecule has 1 saturated heterocycles. The van der Waals surface area contributed by atoms with Gasteiger partial charge in [-0.15, -0.1) is 24.8 Å². The van der Waals surface area contributed by atoms with E-state index in [0.29, 0.717) is 17.7 Å². The van der Waals surface area contributed by atoms with E-state index in [4.69, 9.17) is 0 Å². The van der Waals surface area contributed by atoms with E-state index in [1.807, 2.05) is 0 Å². The van der Waals surface area contributed by atoms with Crippen molar-refractivity contribution in [3.8, 4) is 0 Å². The normalized spacial score (nSPS) is 21.3. The van der Waals surface area contributed by atoms with E-state index in [2.05, 4.69) is 36.3 Å². The molecule has 1 aliphatic heterocycles. The highest BCUT2D eigenvalue weighted by Crippen LogP contribution is 2.11. The van der Waals surface area contributed by atoms with Crippen molar-refractivity contribution in [2.45, 2.75) is 33.2 Å². The number of carbonyl (C=O) groups excluding carboxylic acids is 1. The number of hydrogen-bond donors (Lipinski definition) is 2. The molecule has 21 heavy (non-hydrogen) atoms. The maximum absolute atomic E-state index is 11.9. The lowest BCUT2D eigenvalue weighted by molar-refractivity contribution is -0.119. The quantitative estimate of drug-likeness (QED) is 0.650. The first kappa shape index (κ1) is 23.6. The Bertz CT molecular complexity index is 269. The lowest BCUT2D eigenvalue weighted by Crippen LogP contribution is -2.50. The maximum atomic E-state index is 11.9. The number of rotatable bonds is 8. The van der Waals surface area contributed by atoms with Gasteiger partial charge in [-0.3, -0.25) is 4.79 Å². The van der Waals surface area contributed by atoms with Gasteiger partial charge in [-0.2, -0.15) is 11.8 Å². The Balaban J connectivity index is 0. The summed E-state index contributed by atoms with van der Waals surface area (Å²) in [6.07, 6.45) is 1.15. The number of piperidine rings is 1. The molecule has 1 amide bonds. The minimum Gasteiger partial charge on any atom is -0.351 e. The molecule has 1 rings (SSSR count). The number of hydrogen-bond acceptors (Lipinski definition) is 4. The molecule has 128 valence electrons. The average Bonchev–Trinajstić information content (AvgIpc) is 2.42. The van der Waals surface area contributed by atoms with Gasteiger partial charge in [0.1, 0.15) is 0 Å². The molecule has 0 aromatic heterocycles.